The smallest absolute Gasteiger partial charge is 0.309 e. The number of rotatable bonds is 2. The van der Waals surface area contributed by atoms with Gasteiger partial charge in [-0.3, -0.25) is 4.79 Å². The van der Waals surface area contributed by atoms with E-state index in [9.17, 15) is 4.79 Å². The number of ether oxygens (including phenoxy) is 1. The van der Waals surface area contributed by atoms with Crippen LogP contribution in [0.25, 0.3) is 0 Å². The Kier molecular flexibility index (Phi) is 4.14. The van der Waals surface area contributed by atoms with Gasteiger partial charge in [-0.1, -0.05) is 6.92 Å². The zero-order valence-corrected chi connectivity index (χ0v) is 10.3. The quantitative estimate of drug-likeness (QED) is 0.714. The fourth-order valence-electron chi connectivity index (χ4n) is 1.92. The van der Waals surface area contributed by atoms with Crippen LogP contribution >= 0.6 is 0 Å². The Morgan fingerprint density at radius 3 is 2.67 bits per heavy atom. The van der Waals surface area contributed by atoms with Crippen LogP contribution in [0.1, 0.15) is 47.0 Å². The molecule has 1 N–H and O–H groups in total. The molecule has 0 radical (unpaired) electrons. The summed E-state index contributed by atoms with van der Waals surface area (Å²) in [5.41, 5.74) is -0.357. The third-order valence-electron chi connectivity index (χ3n) is 2.73. The molecule has 0 aromatic carbocycles. The van der Waals surface area contributed by atoms with Crippen molar-refractivity contribution in [2.45, 2.75) is 58.6 Å². The van der Waals surface area contributed by atoms with Gasteiger partial charge in [0.1, 0.15) is 5.60 Å². The maximum Gasteiger partial charge on any atom is 0.309 e. The maximum absolute atomic E-state index is 11.8. The summed E-state index contributed by atoms with van der Waals surface area (Å²) in [5, 5.41) is 3.41. The van der Waals surface area contributed by atoms with Gasteiger partial charge in [0.05, 0.1) is 5.92 Å². The van der Waals surface area contributed by atoms with Crippen molar-refractivity contribution in [1.82, 2.24) is 5.32 Å². The van der Waals surface area contributed by atoms with Gasteiger partial charge in [0.15, 0.2) is 0 Å². The van der Waals surface area contributed by atoms with Crippen molar-refractivity contribution in [1.29, 1.82) is 0 Å². The molecule has 3 nitrogen and oxygen atoms in total. The highest BCUT2D eigenvalue weighted by Crippen LogP contribution is 2.21. The molecule has 1 aliphatic rings. The number of carbonyl (C=O) groups excluding carboxylic acids is 1. The van der Waals surface area contributed by atoms with Crippen LogP contribution in [0.2, 0.25) is 0 Å². The second-order valence-electron chi connectivity index (χ2n) is 5.31. The summed E-state index contributed by atoms with van der Waals surface area (Å²) in [6.07, 6.45) is 2.91. The van der Waals surface area contributed by atoms with E-state index in [0.29, 0.717) is 6.04 Å². The van der Waals surface area contributed by atoms with E-state index < -0.39 is 0 Å². The molecule has 1 saturated heterocycles. The first-order chi connectivity index (χ1) is 6.92. The van der Waals surface area contributed by atoms with Gasteiger partial charge in [0, 0.05) is 6.04 Å². The first kappa shape index (κ1) is 12.5. The molecule has 1 fully saturated rings. The number of piperidine rings is 1. The fraction of sp³-hybridized carbons (Fsp3) is 0.917. The van der Waals surface area contributed by atoms with E-state index in [0.717, 1.165) is 25.8 Å². The summed E-state index contributed by atoms with van der Waals surface area (Å²) in [4.78, 5) is 11.8. The first-order valence-electron chi connectivity index (χ1n) is 5.88. The minimum Gasteiger partial charge on any atom is -0.460 e. The molecule has 0 unspecified atom stereocenters. The van der Waals surface area contributed by atoms with Gasteiger partial charge in [0.25, 0.3) is 0 Å². The molecule has 88 valence electrons. The molecule has 1 aliphatic heterocycles. The minimum absolute atomic E-state index is 0.0255. The first-order valence-corrected chi connectivity index (χ1v) is 5.88. The van der Waals surface area contributed by atoms with Gasteiger partial charge in [-0.15, -0.1) is 0 Å². The Labute approximate surface area is 92.6 Å². The SMILES string of the molecule is CC[C@@H]1C[C@H](C(=O)OC(C)(C)C)CCN1. The lowest BCUT2D eigenvalue weighted by Crippen LogP contribution is -2.41. The Morgan fingerprint density at radius 2 is 2.13 bits per heavy atom. The van der Waals surface area contributed by atoms with Crippen LogP contribution in [-0.2, 0) is 9.53 Å². The topological polar surface area (TPSA) is 38.3 Å². The number of hydrogen-bond donors (Lipinski definition) is 1. The average molecular weight is 213 g/mol. The molecule has 0 saturated carbocycles. The molecule has 0 amide bonds. The highest BCUT2D eigenvalue weighted by molar-refractivity contribution is 5.73. The minimum atomic E-state index is -0.357. The van der Waals surface area contributed by atoms with Crippen LogP contribution in [0.15, 0.2) is 0 Å². The van der Waals surface area contributed by atoms with Crippen molar-refractivity contribution in [3.63, 3.8) is 0 Å². The molecular formula is C12H23NO2. The lowest BCUT2D eigenvalue weighted by Gasteiger charge is -2.30. The second-order valence-corrected chi connectivity index (χ2v) is 5.31. The van der Waals surface area contributed by atoms with Gasteiger partial charge >= 0.3 is 5.97 Å². The van der Waals surface area contributed by atoms with Gasteiger partial charge in [0.2, 0.25) is 0 Å². The third kappa shape index (κ3) is 4.20. The summed E-state index contributed by atoms with van der Waals surface area (Å²) in [7, 11) is 0. The van der Waals surface area contributed by atoms with Crippen LogP contribution in [0.5, 0.6) is 0 Å². The highest BCUT2D eigenvalue weighted by Gasteiger charge is 2.29. The van der Waals surface area contributed by atoms with E-state index >= 15 is 0 Å². The van der Waals surface area contributed by atoms with Gasteiger partial charge < -0.3 is 10.1 Å². The number of esters is 1. The van der Waals surface area contributed by atoms with Crippen molar-refractivity contribution >= 4 is 5.97 Å². The molecule has 0 spiro atoms. The molecule has 0 aromatic heterocycles. The van der Waals surface area contributed by atoms with Gasteiger partial charge in [-0.2, -0.15) is 0 Å². The van der Waals surface area contributed by atoms with Crippen molar-refractivity contribution in [3.8, 4) is 0 Å². The van der Waals surface area contributed by atoms with Crippen LogP contribution in [0, 0.1) is 5.92 Å². The zero-order chi connectivity index (χ0) is 11.5. The maximum atomic E-state index is 11.8. The molecular weight excluding hydrogens is 190 g/mol. The van der Waals surface area contributed by atoms with Gasteiger partial charge in [-0.05, 0) is 46.6 Å². The fourth-order valence-corrected chi connectivity index (χ4v) is 1.92. The monoisotopic (exact) mass is 213 g/mol. The summed E-state index contributed by atoms with van der Waals surface area (Å²) in [5.74, 6) is 0.0675. The van der Waals surface area contributed by atoms with Crippen LogP contribution < -0.4 is 5.32 Å². The van der Waals surface area contributed by atoms with Crippen LogP contribution in [0.3, 0.4) is 0 Å². The Morgan fingerprint density at radius 1 is 1.47 bits per heavy atom. The summed E-state index contributed by atoms with van der Waals surface area (Å²) >= 11 is 0. The molecule has 0 bridgehead atoms. The van der Waals surface area contributed by atoms with Crippen molar-refractivity contribution < 1.29 is 9.53 Å². The van der Waals surface area contributed by atoms with Crippen molar-refractivity contribution in [2.75, 3.05) is 6.54 Å². The molecule has 0 aromatic rings. The standard InChI is InChI=1S/C12H23NO2/c1-5-10-8-9(6-7-13-10)11(14)15-12(2,3)4/h9-10,13H,5-8H2,1-4H3/t9-,10-/m1/s1. The Hall–Kier alpha value is -0.570. The van der Waals surface area contributed by atoms with E-state index in [1.165, 1.54) is 0 Å². The predicted molar refractivity (Wildman–Crippen MR) is 60.7 cm³/mol. The van der Waals surface area contributed by atoms with Crippen molar-refractivity contribution in [3.05, 3.63) is 0 Å². The largest absolute Gasteiger partial charge is 0.460 e. The van der Waals surface area contributed by atoms with E-state index in [4.69, 9.17) is 4.74 Å². The van der Waals surface area contributed by atoms with E-state index in [1.54, 1.807) is 0 Å². The van der Waals surface area contributed by atoms with Crippen LogP contribution in [0.4, 0.5) is 0 Å². The molecule has 3 heteroatoms. The van der Waals surface area contributed by atoms with E-state index in [2.05, 4.69) is 12.2 Å². The highest BCUT2D eigenvalue weighted by atomic mass is 16.6. The van der Waals surface area contributed by atoms with E-state index in [-0.39, 0.29) is 17.5 Å². The lowest BCUT2D eigenvalue weighted by atomic mass is 9.91. The molecule has 1 rings (SSSR count). The van der Waals surface area contributed by atoms with E-state index in [1.807, 2.05) is 20.8 Å². The molecule has 1 heterocycles. The normalized spacial score (nSPS) is 27.5. The average Bonchev–Trinajstić information content (AvgIpc) is 2.15. The summed E-state index contributed by atoms with van der Waals surface area (Å²) < 4.78 is 5.40. The Bertz CT molecular complexity index is 220. The van der Waals surface area contributed by atoms with Crippen LogP contribution in [-0.4, -0.2) is 24.2 Å². The summed E-state index contributed by atoms with van der Waals surface area (Å²) in [6.45, 7) is 8.84. The summed E-state index contributed by atoms with van der Waals surface area (Å²) in [6, 6.07) is 0.483. The number of nitrogens with one attached hydrogen (secondary N) is 1. The number of carbonyl (C=O) groups is 1. The lowest BCUT2D eigenvalue weighted by molar-refractivity contribution is -0.161. The van der Waals surface area contributed by atoms with Crippen molar-refractivity contribution in [2.24, 2.45) is 5.92 Å². The molecule has 15 heavy (non-hydrogen) atoms. The zero-order valence-electron chi connectivity index (χ0n) is 10.3. The molecule has 2 atom stereocenters. The molecule has 0 aliphatic carbocycles. The second kappa shape index (κ2) is 4.97. The Balaban J connectivity index is 2.45. The third-order valence-corrected chi connectivity index (χ3v) is 2.73. The predicted octanol–water partition coefficient (Wildman–Crippen LogP) is 2.11. The van der Waals surface area contributed by atoms with Gasteiger partial charge in [-0.25, -0.2) is 0 Å². The number of hydrogen-bond acceptors (Lipinski definition) is 3.